The summed E-state index contributed by atoms with van der Waals surface area (Å²) in [7, 11) is 0. The van der Waals surface area contributed by atoms with Crippen LogP contribution < -0.4 is 0 Å². The molecule has 0 aliphatic heterocycles. The van der Waals surface area contributed by atoms with E-state index in [-0.39, 0.29) is 30.5 Å². The molecule has 3 N–H and O–H groups in total. The van der Waals surface area contributed by atoms with Gasteiger partial charge >= 0.3 is 5.97 Å². The van der Waals surface area contributed by atoms with Gasteiger partial charge in [0.2, 0.25) is 0 Å². The van der Waals surface area contributed by atoms with E-state index in [9.17, 15) is 19.8 Å². The average molecular weight is 366 g/mol. The Morgan fingerprint density at radius 3 is 2.65 bits per heavy atom. The van der Waals surface area contributed by atoms with Gasteiger partial charge in [0.1, 0.15) is 5.78 Å². The molecule has 0 heterocycles. The minimum absolute atomic E-state index is 0.0161. The minimum Gasteiger partial charge on any atom is -0.481 e. The van der Waals surface area contributed by atoms with Crippen LogP contribution in [-0.4, -0.2) is 38.8 Å². The Hall–Kier alpha value is -1.46. The van der Waals surface area contributed by atoms with Crippen molar-refractivity contribution in [2.75, 3.05) is 0 Å². The number of aliphatic hydroxyl groups excluding tert-OH is 1. The van der Waals surface area contributed by atoms with Gasteiger partial charge in [0.15, 0.2) is 0 Å². The molecule has 1 fully saturated rings. The number of unbranched alkanes of at least 4 members (excludes halogenated alkanes) is 3. The molecule has 0 bridgehead atoms. The van der Waals surface area contributed by atoms with Crippen LogP contribution in [0.2, 0.25) is 0 Å². The number of carboxylic acid groups (broad SMARTS) is 1. The van der Waals surface area contributed by atoms with Crippen LogP contribution in [0.25, 0.3) is 0 Å². The van der Waals surface area contributed by atoms with E-state index in [1.165, 1.54) is 0 Å². The molecule has 26 heavy (non-hydrogen) atoms. The van der Waals surface area contributed by atoms with Gasteiger partial charge in [0, 0.05) is 24.7 Å². The second-order valence-electron chi connectivity index (χ2n) is 7.59. The number of aliphatic carboxylic acids is 1. The van der Waals surface area contributed by atoms with Crippen molar-refractivity contribution in [3.05, 3.63) is 24.3 Å². The number of aliphatic hydroxyl groups is 2. The Balaban J connectivity index is 2.58. The normalized spacial score (nSPS) is 26.0. The molecule has 5 nitrogen and oxygen atoms in total. The number of allylic oxidation sites excluding steroid dienone is 3. The molecule has 3 unspecified atom stereocenters. The third kappa shape index (κ3) is 8.28. The predicted molar refractivity (Wildman–Crippen MR) is 102 cm³/mol. The van der Waals surface area contributed by atoms with Crippen molar-refractivity contribution < 1.29 is 24.9 Å². The van der Waals surface area contributed by atoms with Gasteiger partial charge in [-0.15, -0.1) is 0 Å². The number of rotatable bonds is 12. The highest BCUT2D eigenvalue weighted by Crippen LogP contribution is 2.34. The first-order valence-corrected chi connectivity index (χ1v) is 9.76. The smallest absolute Gasteiger partial charge is 0.303 e. The third-order valence-corrected chi connectivity index (χ3v) is 5.02. The number of hydrogen-bond donors (Lipinski definition) is 3. The zero-order chi connectivity index (χ0) is 19.6. The Labute approximate surface area is 156 Å². The summed E-state index contributed by atoms with van der Waals surface area (Å²) in [6.07, 6.45) is 12.6. The third-order valence-electron chi connectivity index (χ3n) is 5.02. The van der Waals surface area contributed by atoms with Crippen molar-refractivity contribution in [1.82, 2.24) is 0 Å². The van der Waals surface area contributed by atoms with Gasteiger partial charge in [0.05, 0.1) is 11.7 Å². The highest BCUT2D eigenvalue weighted by atomic mass is 16.4. The van der Waals surface area contributed by atoms with Crippen LogP contribution in [0.1, 0.15) is 71.6 Å². The summed E-state index contributed by atoms with van der Waals surface area (Å²) in [5, 5.41) is 29.2. The molecule has 1 saturated carbocycles. The maximum Gasteiger partial charge on any atom is 0.303 e. The average Bonchev–Trinajstić information content (AvgIpc) is 2.82. The maximum absolute atomic E-state index is 12.2. The van der Waals surface area contributed by atoms with E-state index in [0.717, 1.165) is 19.3 Å². The molecule has 0 aromatic heterocycles. The summed E-state index contributed by atoms with van der Waals surface area (Å²) in [5.41, 5.74) is -0.930. The number of hydrogen-bond acceptors (Lipinski definition) is 4. The molecule has 0 aromatic carbocycles. The van der Waals surface area contributed by atoms with E-state index in [4.69, 9.17) is 5.11 Å². The standard InChI is InChI=1S/C21H34O5/c1-3-4-9-13-21(2,26)14-12-17-16(18(22)15-19(17)23)10-7-5-6-8-11-20(24)25/h5,7,12,14,16-18,22,26H,3-4,6,8-11,13,15H2,1-2H3,(H,24,25)/t16?,17?,18?,21-/m1/s1. The van der Waals surface area contributed by atoms with E-state index in [1.807, 2.05) is 12.2 Å². The molecule has 1 aliphatic carbocycles. The molecule has 0 spiro atoms. The molecule has 0 radical (unpaired) electrons. The quantitative estimate of drug-likeness (QED) is 0.362. The number of carbonyl (C=O) groups excluding carboxylic acids is 1. The van der Waals surface area contributed by atoms with Crippen molar-refractivity contribution in [2.45, 2.75) is 83.3 Å². The summed E-state index contributed by atoms with van der Waals surface area (Å²) >= 11 is 0. The Morgan fingerprint density at radius 1 is 1.27 bits per heavy atom. The Bertz CT molecular complexity index is 507. The monoisotopic (exact) mass is 366 g/mol. The van der Waals surface area contributed by atoms with Crippen molar-refractivity contribution in [3.8, 4) is 0 Å². The fraction of sp³-hybridized carbons (Fsp3) is 0.714. The van der Waals surface area contributed by atoms with Crippen molar-refractivity contribution in [3.63, 3.8) is 0 Å². The van der Waals surface area contributed by atoms with Crippen LogP contribution in [0, 0.1) is 11.8 Å². The minimum atomic E-state index is -0.930. The summed E-state index contributed by atoms with van der Waals surface area (Å²) in [5.74, 6) is -1.33. The van der Waals surface area contributed by atoms with E-state index < -0.39 is 17.7 Å². The highest BCUT2D eigenvalue weighted by molar-refractivity contribution is 5.86. The van der Waals surface area contributed by atoms with Gasteiger partial charge in [0.25, 0.3) is 0 Å². The largest absolute Gasteiger partial charge is 0.481 e. The van der Waals surface area contributed by atoms with Crippen molar-refractivity contribution >= 4 is 11.8 Å². The molecule has 0 amide bonds. The highest BCUT2D eigenvalue weighted by Gasteiger charge is 2.39. The van der Waals surface area contributed by atoms with Crippen molar-refractivity contribution in [1.29, 1.82) is 0 Å². The van der Waals surface area contributed by atoms with E-state index >= 15 is 0 Å². The molecule has 0 aromatic rings. The maximum atomic E-state index is 12.2. The van der Waals surface area contributed by atoms with Gasteiger partial charge in [-0.25, -0.2) is 0 Å². The molecule has 5 heteroatoms. The predicted octanol–water partition coefficient (Wildman–Crippen LogP) is 3.64. The SMILES string of the molecule is CCCCC[C@@](C)(O)C=CC1C(=O)CC(O)C1CC=CCCCC(=O)O. The topological polar surface area (TPSA) is 94.8 Å². The number of Topliss-reactive ketones (excluding diaryl/α,β-unsaturated/α-hetero) is 1. The molecule has 148 valence electrons. The lowest BCUT2D eigenvalue weighted by molar-refractivity contribution is -0.137. The first kappa shape index (κ1) is 22.6. The lowest BCUT2D eigenvalue weighted by atomic mass is 9.88. The van der Waals surface area contributed by atoms with Crippen LogP contribution in [0.4, 0.5) is 0 Å². The molecule has 4 atom stereocenters. The van der Waals surface area contributed by atoms with Crippen LogP contribution in [0.5, 0.6) is 0 Å². The summed E-state index contributed by atoms with van der Waals surface area (Å²) < 4.78 is 0. The zero-order valence-corrected chi connectivity index (χ0v) is 16.1. The van der Waals surface area contributed by atoms with E-state index in [1.54, 1.807) is 19.1 Å². The van der Waals surface area contributed by atoms with Crippen LogP contribution >= 0.6 is 0 Å². The fourth-order valence-corrected chi connectivity index (χ4v) is 3.39. The first-order valence-electron chi connectivity index (χ1n) is 9.76. The van der Waals surface area contributed by atoms with Gasteiger partial charge in [-0.05, 0) is 32.6 Å². The summed E-state index contributed by atoms with van der Waals surface area (Å²) in [6, 6.07) is 0. The van der Waals surface area contributed by atoms with Crippen LogP contribution in [-0.2, 0) is 9.59 Å². The van der Waals surface area contributed by atoms with Gasteiger partial charge in [-0.2, -0.15) is 0 Å². The van der Waals surface area contributed by atoms with E-state index in [2.05, 4.69) is 6.92 Å². The lowest BCUT2D eigenvalue weighted by Gasteiger charge is -2.21. The molecule has 1 aliphatic rings. The molecule has 1 rings (SSSR count). The Morgan fingerprint density at radius 2 is 2.00 bits per heavy atom. The summed E-state index contributed by atoms with van der Waals surface area (Å²) in [6.45, 7) is 3.87. The number of carbonyl (C=O) groups is 2. The Kier molecular flexibility index (Phi) is 9.81. The summed E-state index contributed by atoms with van der Waals surface area (Å²) in [4.78, 5) is 22.7. The molecule has 0 saturated heterocycles. The van der Waals surface area contributed by atoms with Gasteiger partial charge in [-0.1, -0.05) is 50.5 Å². The number of carboxylic acids is 1. The lowest BCUT2D eigenvalue weighted by Crippen LogP contribution is -2.23. The van der Waals surface area contributed by atoms with E-state index in [0.29, 0.717) is 25.7 Å². The van der Waals surface area contributed by atoms with Crippen LogP contribution in [0.15, 0.2) is 24.3 Å². The fourth-order valence-electron chi connectivity index (χ4n) is 3.39. The molecular formula is C21H34O5. The van der Waals surface area contributed by atoms with Crippen LogP contribution in [0.3, 0.4) is 0 Å². The zero-order valence-electron chi connectivity index (χ0n) is 16.1. The second-order valence-corrected chi connectivity index (χ2v) is 7.59. The van der Waals surface area contributed by atoms with Crippen molar-refractivity contribution in [2.24, 2.45) is 11.8 Å². The molecular weight excluding hydrogens is 332 g/mol. The van der Waals surface area contributed by atoms with Gasteiger partial charge in [-0.3, -0.25) is 9.59 Å². The first-order chi connectivity index (χ1) is 12.3. The second kappa shape index (κ2) is 11.3. The number of ketones is 1. The van der Waals surface area contributed by atoms with Gasteiger partial charge < -0.3 is 15.3 Å².